The van der Waals surface area contributed by atoms with Crippen LogP contribution in [0.3, 0.4) is 0 Å². The predicted octanol–water partition coefficient (Wildman–Crippen LogP) is 2.16. The first-order valence-corrected chi connectivity index (χ1v) is 8.86. The number of hydrogen-bond donors (Lipinski definition) is 1. The number of hydrogen-bond acceptors (Lipinski definition) is 2. The number of rotatable bonds is 2. The molecule has 1 spiro atoms. The molecular weight excluding hydrogens is 314 g/mol. The minimum atomic E-state index is -0.383. The number of benzene rings is 1. The highest BCUT2D eigenvalue weighted by Gasteiger charge is 2.52. The van der Waals surface area contributed by atoms with Crippen molar-refractivity contribution < 1.29 is 9.59 Å². The van der Waals surface area contributed by atoms with Crippen LogP contribution in [0, 0.1) is 5.41 Å². The lowest BCUT2D eigenvalue weighted by molar-refractivity contribution is -0.130. The van der Waals surface area contributed by atoms with Crippen LogP contribution in [-0.4, -0.2) is 40.9 Å². The molecule has 1 unspecified atom stereocenters. The monoisotopic (exact) mass is 337 g/mol. The Morgan fingerprint density at radius 1 is 1.12 bits per heavy atom. The molecule has 0 bridgehead atoms. The highest BCUT2D eigenvalue weighted by atomic mass is 16.2. The normalized spacial score (nSPS) is 22.2. The average Bonchev–Trinajstić information content (AvgIpc) is 3.20. The molecule has 0 radical (unpaired) electrons. The van der Waals surface area contributed by atoms with E-state index in [0.29, 0.717) is 38.2 Å². The second-order valence-electron chi connectivity index (χ2n) is 7.13. The van der Waals surface area contributed by atoms with Gasteiger partial charge in [-0.3, -0.25) is 9.59 Å². The summed E-state index contributed by atoms with van der Waals surface area (Å²) in [5.41, 5.74) is 1.53. The number of nitrogens with zero attached hydrogens (tertiary/aromatic N) is 2. The van der Waals surface area contributed by atoms with Crippen molar-refractivity contribution in [2.45, 2.75) is 18.8 Å². The minimum Gasteiger partial charge on any atom is -0.355 e. The van der Waals surface area contributed by atoms with E-state index in [4.69, 9.17) is 0 Å². The van der Waals surface area contributed by atoms with E-state index in [1.807, 2.05) is 53.0 Å². The van der Waals surface area contributed by atoms with Gasteiger partial charge in [0, 0.05) is 38.8 Å². The van der Waals surface area contributed by atoms with Gasteiger partial charge in [0.15, 0.2) is 0 Å². The second kappa shape index (κ2) is 6.06. The van der Waals surface area contributed by atoms with Crippen molar-refractivity contribution in [1.82, 2.24) is 14.8 Å². The van der Waals surface area contributed by atoms with E-state index in [2.05, 4.69) is 17.4 Å². The molecule has 1 N–H and O–H groups in total. The molecule has 0 saturated carbocycles. The van der Waals surface area contributed by atoms with Gasteiger partial charge in [-0.2, -0.15) is 0 Å². The van der Waals surface area contributed by atoms with E-state index in [0.717, 1.165) is 0 Å². The molecule has 5 nitrogen and oxygen atoms in total. The van der Waals surface area contributed by atoms with Gasteiger partial charge in [-0.15, -0.1) is 0 Å². The maximum Gasteiger partial charge on any atom is 0.270 e. The molecule has 25 heavy (non-hydrogen) atoms. The Balaban J connectivity index is 1.54. The standard InChI is InChI=1S/C20H23N3O2/c1-22-11-5-8-17(22)18(24)23-12-9-20(10-13-23)16(14-21-19(20)25)15-6-3-2-4-7-15/h2-8,11,16H,9-10,12-14H2,1H3,(H,21,25). The number of nitrogens with one attached hydrogen (secondary N) is 1. The van der Waals surface area contributed by atoms with Crippen molar-refractivity contribution in [2.24, 2.45) is 12.5 Å². The summed E-state index contributed by atoms with van der Waals surface area (Å²) in [6, 6.07) is 14.0. The van der Waals surface area contributed by atoms with Gasteiger partial charge < -0.3 is 14.8 Å². The summed E-state index contributed by atoms with van der Waals surface area (Å²) >= 11 is 0. The fourth-order valence-electron chi connectivity index (χ4n) is 4.38. The molecule has 2 aliphatic heterocycles. The van der Waals surface area contributed by atoms with Crippen molar-refractivity contribution >= 4 is 11.8 Å². The summed E-state index contributed by atoms with van der Waals surface area (Å²) in [7, 11) is 1.88. The third-order valence-electron chi connectivity index (χ3n) is 5.89. The number of amides is 2. The van der Waals surface area contributed by atoms with Crippen LogP contribution in [0.2, 0.25) is 0 Å². The maximum absolute atomic E-state index is 12.7. The van der Waals surface area contributed by atoms with E-state index in [1.54, 1.807) is 0 Å². The Labute approximate surface area is 147 Å². The summed E-state index contributed by atoms with van der Waals surface area (Å²) < 4.78 is 1.85. The zero-order valence-corrected chi connectivity index (χ0v) is 14.4. The van der Waals surface area contributed by atoms with Crippen LogP contribution in [-0.2, 0) is 11.8 Å². The van der Waals surface area contributed by atoms with E-state index in [9.17, 15) is 9.59 Å². The molecule has 1 aromatic carbocycles. The predicted molar refractivity (Wildman–Crippen MR) is 95.2 cm³/mol. The lowest BCUT2D eigenvalue weighted by atomic mass is 9.68. The SMILES string of the molecule is Cn1cccc1C(=O)N1CCC2(CC1)C(=O)NCC2c1ccccc1. The van der Waals surface area contributed by atoms with Gasteiger partial charge in [0.1, 0.15) is 5.69 Å². The van der Waals surface area contributed by atoms with Crippen LogP contribution in [0.1, 0.15) is 34.8 Å². The van der Waals surface area contributed by atoms with Crippen molar-refractivity contribution in [3.63, 3.8) is 0 Å². The highest BCUT2D eigenvalue weighted by Crippen LogP contribution is 2.47. The number of likely N-dealkylation sites (tertiary alicyclic amines) is 1. The molecule has 2 aromatic rings. The largest absolute Gasteiger partial charge is 0.355 e. The quantitative estimate of drug-likeness (QED) is 0.913. The average molecular weight is 337 g/mol. The molecule has 1 atom stereocenters. The number of carbonyl (C=O) groups is 2. The molecule has 2 aliphatic rings. The lowest BCUT2D eigenvalue weighted by Gasteiger charge is -2.41. The number of piperidine rings is 1. The fraction of sp³-hybridized carbons (Fsp3) is 0.400. The number of aryl methyl sites for hydroxylation is 1. The summed E-state index contributed by atoms with van der Waals surface area (Å²) in [6.45, 7) is 1.94. The molecular formula is C20H23N3O2. The van der Waals surface area contributed by atoms with Gasteiger partial charge in [-0.05, 0) is 30.5 Å². The van der Waals surface area contributed by atoms with Gasteiger partial charge in [-0.25, -0.2) is 0 Å². The smallest absolute Gasteiger partial charge is 0.270 e. The molecule has 2 saturated heterocycles. The molecule has 4 rings (SSSR count). The number of aromatic nitrogens is 1. The van der Waals surface area contributed by atoms with Crippen LogP contribution >= 0.6 is 0 Å². The van der Waals surface area contributed by atoms with Crippen molar-refractivity contribution in [3.8, 4) is 0 Å². The van der Waals surface area contributed by atoms with Gasteiger partial charge in [0.2, 0.25) is 5.91 Å². The molecule has 1 aromatic heterocycles. The molecule has 5 heteroatoms. The summed E-state index contributed by atoms with van der Waals surface area (Å²) in [4.78, 5) is 27.3. The molecule has 0 aliphatic carbocycles. The van der Waals surface area contributed by atoms with Crippen molar-refractivity contribution in [1.29, 1.82) is 0 Å². The summed E-state index contributed by atoms with van der Waals surface area (Å²) in [5, 5.41) is 3.06. The van der Waals surface area contributed by atoms with Crippen molar-refractivity contribution in [3.05, 3.63) is 59.9 Å². The number of carbonyl (C=O) groups excluding carboxylic acids is 2. The van der Waals surface area contributed by atoms with Crippen molar-refractivity contribution in [2.75, 3.05) is 19.6 Å². The summed E-state index contributed by atoms with van der Waals surface area (Å²) in [6.07, 6.45) is 3.32. The molecule has 2 fully saturated rings. The van der Waals surface area contributed by atoms with Gasteiger partial charge >= 0.3 is 0 Å². The molecule has 3 heterocycles. The molecule has 2 amide bonds. The topological polar surface area (TPSA) is 54.3 Å². The zero-order chi connectivity index (χ0) is 17.4. The Hall–Kier alpha value is -2.56. The van der Waals surface area contributed by atoms with E-state index >= 15 is 0 Å². The first kappa shape index (κ1) is 15.9. The lowest BCUT2D eigenvalue weighted by Crippen LogP contribution is -2.48. The van der Waals surface area contributed by atoms with E-state index in [1.165, 1.54) is 5.56 Å². The Morgan fingerprint density at radius 2 is 1.84 bits per heavy atom. The van der Waals surface area contributed by atoms with Crippen LogP contribution in [0.15, 0.2) is 48.7 Å². The Morgan fingerprint density at radius 3 is 2.48 bits per heavy atom. The van der Waals surface area contributed by atoms with Gasteiger partial charge in [0.05, 0.1) is 5.41 Å². The fourth-order valence-corrected chi connectivity index (χ4v) is 4.38. The first-order valence-electron chi connectivity index (χ1n) is 8.86. The third kappa shape index (κ3) is 2.54. The van der Waals surface area contributed by atoms with Crippen LogP contribution in [0.5, 0.6) is 0 Å². The van der Waals surface area contributed by atoms with E-state index in [-0.39, 0.29) is 23.1 Å². The zero-order valence-electron chi connectivity index (χ0n) is 14.4. The van der Waals surface area contributed by atoms with Crippen LogP contribution in [0.25, 0.3) is 0 Å². The highest BCUT2D eigenvalue weighted by molar-refractivity contribution is 5.93. The second-order valence-corrected chi connectivity index (χ2v) is 7.13. The van der Waals surface area contributed by atoms with E-state index < -0.39 is 0 Å². The van der Waals surface area contributed by atoms with Gasteiger partial charge in [-0.1, -0.05) is 30.3 Å². The Kier molecular flexibility index (Phi) is 3.86. The molecule has 130 valence electrons. The third-order valence-corrected chi connectivity index (χ3v) is 5.89. The van der Waals surface area contributed by atoms with Crippen LogP contribution in [0.4, 0.5) is 0 Å². The minimum absolute atomic E-state index is 0.0528. The van der Waals surface area contributed by atoms with Gasteiger partial charge in [0.25, 0.3) is 5.91 Å². The maximum atomic E-state index is 12.7. The first-order chi connectivity index (χ1) is 12.1. The summed E-state index contributed by atoms with van der Waals surface area (Å²) in [5.74, 6) is 0.387. The Bertz CT molecular complexity index is 788. The van der Waals surface area contributed by atoms with Crippen LogP contribution < -0.4 is 5.32 Å².